The van der Waals surface area contributed by atoms with Gasteiger partial charge in [0.05, 0.1) is 20.1 Å². The summed E-state index contributed by atoms with van der Waals surface area (Å²) in [5, 5.41) is 0. The number of hydrogen-bond donors (Lipinski definition) is 0. The molecule has 0 amide bonds. The molecule has 0 heterocycles. The molecule has 0 radical (unpaired) electrons. The van der Waals surface area contributed by atoms with Gasteiger partial charge in [-0.25, -0.2) is 0 Å². The van der Waals surface area contributed by atoms with Crippen LogP contribution in [0.25, 0.3) is 0 Å². The van der Waals surface area contributed by atoms with Crippen molar-refractivity contribution in [1.82, 2.24) is 0 Å². The van der Waals surface area contributed by atoms with Gasteiger partial charge in [0.25, 0.3) is 0 Å². The first-order valence-electron chi connectivity index (χ1n) is 12.5. The lowest BCUT2D eigenvalue weighted by Gasteiger charge is -2.08. The molecular formula is C27H46O3. The molecule has 0 aliphatic heterocycles. The fourth-order valence-electron chi connectivity index (χ4n) is 3.82. The van der Waals surface area contributed by atoms with Gasteiger partial charge in [0.2, 0.25) is 0 Å². The number of benzene rings is 1. The Hall–Kier alpha value is -1.51. The van der Waals surface area contributed by atoms with E-state index in [2.05, 4.69) is 6.92 Å². The van der Waals surface area contributed by atoms with E-state index in [-0.39, 0.29) is 5.97 Å². The first kappa shape index (κ1) is 26.5. The van der Waals surface area contributed by atoms with Gasteiger partial charge in [-0.1, -0.05) is 115 Å². The highest BCUT2D eigenvalue weighted by Crippen LogP contribution is 2.16. The van der Waals surface area contributed by atoms with Gasteiger partial charge in [0.1, 0.15) is 5.75 Å². The van der Waals surface area contributed by atoms with E-state index in [1.54, 1.807) is 0 Å². The number of methoxy groups -OCH3 is 1. The van der Waals surface area contributed by atoms with Crippen molar-refractivity contribution in [2.45, 2.75) is 116 Å². The smallest absolute Gasteiger partial charge is 0.309 e. The molecule has 0 N–H and O–H groups in total. The van der Waals surface area contributed by atoms with Crippen molar-refractivity contribution in [1.29, 1.82) is 0 Å². The maximum atomic E-state index is 11.4. The van der Waals surface area contributed by atoms with Gasteiger partial charge in [0.15, 0.2) is 0 Å². The van der Waals surface area contributed by atoms with Crippen molar-refractivity contribution in [3.05, 3.63) is 29.8 Å². The molecule has 3 heteroatoms. The molecule has 1 aromatic carbocycles. The number of rotatable bonds is 20. The third-order valence-electron chi connectivity index (χ3n) is 5.74. The van der Waals surface area contributed by atoms with E-state index in [1.165, 1.54) is 103 Å². The van der Waals surface area contributed by atoms with E-state index in [0.717, 1.165) is 24.3 Å². The molecule has 3 nitrogen and oxygen atoms in total. The van der Waals surface area contributed by atoms with E-state index in [0.29, 0.717) is 6.42 Å². The fourth-order valence-corrected chi connectivity index (χ4v) is 3.82. The lowest BCUT2D eigenvalue weighted by molar-refractivity contribution is -0.139. The predicted octanol–water partition coefficient (Wildman–Crippen LogP) is 8.04. The lowest BCUT2D eigenvalue weighted by atomic mass is 10.0. The standard InChI is InChI=1S/C27H46O3/c1-3-4-5-6-7-8-9-10-11-12-13-14-15-16-17-18-22-30-26-21-19-20-25(23-26)24-27(28)29-2/h19-21,23H,3-18,22,24H2,1-2H3. The van der Waals surface area contributed by atoms with Gasteiger partial charge in [-0.3, -0.25) is 4.79 Å². The SMILES string of the molecule is CCCCCCCCCCCCCCCCCCOc1cccc(CC(=O)OC)c1. The van der Waals surface area contributed by atoms with Crippen LogP contribution in [-0.2, 0) is 16.0 Å². The Morgan fingerprint density at radius 3 is 1.73 bits per heavy atom. The van der Waals surface area contributed by atoms with Crippen LogP contribution >= 0.6 is 0 Å². The third-order valence-corrected chi connectivity index (χ3v) is 5.74. The van der Waals surface area contributed by atoms with Crippen molar-refractivity contribution in [2.24, 2.45) is 0 Å². The molecule has 172 valence electrons. The second-order valence-corrected chi connectivity index (χ2v) is 8.55. The van der Waals surface area contributed by atoms with Crippen molar-refractivity contribution in [3.63, 3.8) is 0 Å². The van der Waals surface area contributed by atoms with Crippen molar-refractivity contribution >= 4 is 5.97 Å². The lowest BCUT2D eigenvalue weighted by Crippen LogP contribution is -2.04. The average molecular weight is 419 g/mol. The molecular weight excluding hydrogens is 372 g/mol. The van der Waals surface area contributed by atoms with Gasteiger partial charge in [0, 0.05) is 0 Å². The number of ether oxygens (including phenoxy) is 2. The van der Waals surface area contributed by atoms with Crippen LogP contribution in [0.4, 0.5) is 0 Å². The van der Waals surface area contributed by atoms with E-state index in [9.17, 15) is 4.79 Å². The highest BCUT2D eigenvalue weighted by Gasteiger charge is 2.04. The van der Waals surface area contributed by atoms with Crippen molar-refractivity contribution in [3.8, 4) is 5.75 Å². The first-order valence-corrected chi connectivity index (χ1v) is 12.5. The van der Waals surface area contributed by atoms with E-state index in [1.807, 2.05) is 24.3 Å². The summed E-state index contributed by atoms with van der Waals surface area (Å²) < 4.78 is 10.5. The summed E-state index contributed by atoms with van der Waals surface area (Å²) in [7, 11) is 1.42. The maximum Gasteiger partial charge on any atom is 0.309 e. The Morgan fingerprint density at radius 1 is 0.733 bits per heavy atom. The second kappa shape index (κ2) is 19.5. The van der Waals surface area contributed by atoms with E-state index in [4.69, 9.17) is 9.47 Å². The molecule has 30 heavy (non-hydrogen) atoms. The van der Waals surface area contributed by atoms with Gasteiger partial charge in [-0.15, -0.1) is 0 Å². The number of esters is 1. The molecule has 1 aromatic rings. The Morgan fingerprint density at radius 2 is 1.23 bits per heavy atom. The molecule has 0 saturated heterocycles. The Kier molecular flexibility index (Phi) is 17.2. The quantitative estimate of drug-likeness (QED) is 0.159. The molecule has 0 atom stereocenters. The Bertz CT molecular complexity index is 527. The predicted molar refractivity (Wildman–Crippen MR) is 127 cm³/mol. The molecule has 0 saturated carbocycles. The largest absolute Gasteiger partial charge is 0.494 e. The van der Waals surface area contributed by atoms with Crippen LogP contribution in [-0.4, -0.2) is 19.7 Å². The monoisotopic (exact) mass is 418 g/mol. The summed E-state index contributed by atoms with van der Waals surface area (Å²) in [6.45, 7) is 3.03. The van der Waals surface area contributed by atoms with Gasteiger partial charge in [-0.05, 0) is 24.1 Å². The van der Waals surface area contributed by atoms with Crippen LogP contribution in [0.2, 0.25) is 0 Å². The van der Waals surface area contributed by atoms with Crippen LogP contribution < -0.4 is 4.74 Å². The number of unbranched alkanes of at least 4 members (excludes halogenated alkanes) is 15. The molecule has 0 aliphatic carbocycles. The maximum absolute atomic E-state index is 11.4. The normalized spacial score (nSPS) is 10.9. The zero-order chi connectivity index (χ0) is 21.7. The van der Waals surface area contributed by atoms with E-state index >= 15 is 0 Å². The number of hydrogen-bond acceptors (Lipinski definition) is 3. The first-order chi connectivity index (χ1) is 14.8. The molecule has 1 rings (SSSR count). The minimum atomic E-state index is -0.218. The highest BCUT2D eigenvalue weighted by molar-refractivity contribution is 5.72. The average Bonchev–Trinajstić information content (AvgIpc) is 2.76. The molecule has 0 bridgehead atoms. The summed E-state index contributed by atoms with van der Waals surface area (Å²) in [5.41, 5.74) is 0.936. The number of carbonyl (C=O) groups excluding carboxylic acids is 1. The van der Waals surface area contributed by atoms with Gasteiger partial charge in [-0.2, -0.15) is 0 Å². The fraction of sp³-hybridized carbons (Fsp3) is 0.741. The van der Waals surface area contributed by atoms with Crippen molar-refractivity contribution in [2.75, 3.05) is 13.7 Å². The summed E-state index contributed by atoms with van der Waals surface area (Å²) in [6.07, 6.45) is 22.3. The van der Waals surface area contributed by atoms with Gasteiger partial charge >= 0.3 is 5.97 Å². The van der Waals surface area contributed by atoms with Crippen LogP contribution in [0.5, 0.6) is 5.75 Å². The van der Waals surface area contributed by atoms with Crippen LogP contribution in [0.1, 0.15) is 115 Å². The Balaban J connectivity index is 1.86. The molecule has 0 aromatic heterocycles. The van der Waals surface area contributed by atoms with Crippen molar-refractivity contribution < 1.29 is 14.3 Å². The molecule has 0 fully saturated rings. The minimum Gasteiger partial charge on any atom is -0.494 e. The Labute approximate surface area is 185 Å². The summed E-state index contributed by atoms with van der Waals surface area (Å²) in [6, 6.07) is 7.75. The number of carbonyl (C=O) groups is 1. The summed E-state index contributed by atoms with van der Waals surface area (Å²) >= 11 is 0. The second-order valence-electron chi connectivity index (χ2n) is 8.55. The molecule has 0 unspecified atom stereocenters. The van der Waals surface area contributed by atoms with E-state index < -0.39 is 0 Å². The highest BCUT2D eigenvalue weighted by atomic mass is 16.5. The van der Waals surface area contributed by atoms with Crippen LogP contribution in [0.15, 0.2) is 24.3 Å². The topological polar surface area (TPSA) is 35.5 Å². The minimum absolute atomic E-state index is 0.218. The molecule has 0 spiro atoms. The zero-order valence-corrected chi connectivity index (χ0v) is 19.8. The molecule has 0 aliphatic rings. The zero-order valence-electron chi connectivity index (χ0n) is 19.8. The third kappa shape index (κ3) is 15.3. The van der Waals surface area contributed by atoms with Crippen LogP contribution in [0.3, 0.4) is 0 Å². The summed E-state index contributed by atoms with van der Waals surface area (Å²) in [4.78, 5) is 11.4. The summed E-state index contributed by atoms with van der Waals surface area (Å²) in [5.74, 6) is 0.627. The van der Waals surface area contributed by atoms with Crippen LogP contribution in [0, 0.1) is 0 Å². The van der Waals surface area contributed by atoms with Gasteiger partial charge < -0.3 is 9.47 Å².